The van der Waals surface area contributed by atoms with Crippen molar-refractivity contribution in [2.45, 2.75) is 71.2 Å². The molecule has 0 bridgehead atoms. The summed E-state index contributed by atoms with van der Waals surface area (Å²) in [5, 5.41) is 0. The molecule has 4 heteroatoms. The maximum atomic E-state index is 12.1. The summed E-state index contributed by atoms with van der Waals surface area (Å²) in [6.07, 6.45) is 0.272. The molecule has 2 aromatic rings. The lowest BCUT2D eigenvalue weighted by Crippen LogP contribution is -2.50. The number of hydrogen-bond donors (Lipinski definition) is 0. The maximum absolute atomic E-state index is 12.1. The van der Waals surface area contributed by atoms with E-state index in [9.17, 15) is 4.79 Å². The fourth-order valence-electron chi connectivity index (χ4n) is 4.19. The largest absolute Gasteiger partial charge is 0.543 e. The highest BCUT2D eigenvalue weighted by Gasteiger charge is 2.46. The second-order valence-corrected chi connectivity index (χ2v) is 13.8. The molecule has 0 N–H and O–H groups in total. The third-order valence-electron chi connectivity index (χ3n) is 5.52. The zero-order valence-electron chi connectivity index (χ0n) is 18.1. The quantitative estimate of drug-likeness (QED) is 0.356. The minimum atomic E-state index is -1.96. The third kappa shape index (κ3) is 5.48. The Hall–Kier alpha value is -2.07. The van der Waals surface area contributed by atoms with Gasteiger partial charge in [0.2, 0.25) is 0 Å². The number of rotatable bonds is 9. The van der Waals surface area contributed by atoms with E-state index < -0.39 is 8.32 Å². The van der Waals surface area contributed by atoms with E-state index in [4.69, 9.17) is 9.16 Å². The van der Waals surface area contributed by atoms with Crippen LogP contribution in [-0.4, -0.2) is 14.3 Å². The Labute approximate surface area is 171 Å². The van der Waals surface area contributed by atoms with Crippen LogP contribution in [0.3, 0.4) is 0 Å². The zero-order chi connectivity index (χ0) is 20.7. The Bertz CT molecular complexity index is 714. The molecule has 0 aliphatic heterocycles. The van der Waals surface area contributed by atoms with Crippen LogP contribution in [0.2, 0.25) is 16.6 Å². The smallest absolute Gasteiger partial charge is 0.310 e. The lowest BCUT2D eigenvalue weighted by Gasteiger charge is -2.42. The molecule has 0 unspecified atom stereocenters. The van der Waals surface area contributed by atoms with Gasteiger partial charge in [0, 0.05) is 0 Å². The number of hydrogen-bond acceptors (Lipinski definition) is 3. The molecular weight excluding hydrogens is 364 g/mol. The molecule has 3 nitrogen and oxygen atoms in total. The van der Waals surface area contributed by atoms with E-state index in [0.29, 0.717) is 23.2 Å². The Morgan fingerprint density at radius 2 is 1.32 bits per heavy atom. The summed E-state index contributed by atoms with van der Waals surface area (Å²) >= 11 is 0. The van der Waals surface area contributed by atoms with E-state index >= 15 is 0 Å². The minimum absolute atomic E-state index is 0.215. The number of esters is 1. The van der Waals surface area contributed by atoms with E-state index in [-0.39, 0.29) is 12.4 Å². The van der Waals surface area contributed by atoms with Gasteiger partial charge in [-0.05, 0) is 39.9 Å². The Balaban J connectivity index is 1.99. The van der Waals surface area contributed by atoms with Crippen molar-refractivity contribution in [1.29, 1.82) is 0 Å². The highest BCUT2D eigenvalue weighted by molar-refractivity contribution is 6.78. The molecule has 2 aromatic carbocycles. The number of carbonyl (C=O) groups excluding carboxylic acids is 1. The molecule has 0 fully saturated rings. The first-order valence-corrected chi connectivity index (χ1v) is 12.4. The van der Waals surface area contributed by atoms with Crippen molar-refractivity contribution in [2.75, 3.05) is 0 Å². The van der Waals surface area contributed by atoms with Crippen LogP contribution in [0.15, 0.2) is 54.6 Å². The van der Waals surface area contributed by atoms with Crippen molar-refractivity contribution in [3.05, 3.63) is 65.7 Å². The second kappa shape index (κ2) is 9.92. The van der Waals surface area contributed by atoms with Gasteiger partial charge in [-0.1, -0.05) is 84.0 Å². The maximum Gasteiger partial charge on any atom is 0.310 e. The van der Waals surface area contributed by atoms with Crippen LogP contribution in [0.5, 0.6) is 5.75 Å². The van der Waals surface area contributed by atoms with Gasteiger partial charge < -0.3 is 9.16 Å². The van der Waals surface area contributed by atoms with Crippen LogP contribution < -0.4 is 4.43 Å². The van der Waals surface area contributed by atoms with E-state index in [1.54, 1.807) is 0 Å². The molecule has 28 heavy (non-hydrogen) atoms. The summed E-state index contributed by atoms with van der Waals surface area (Å²) in [7, 11) is -1.96. The van der Waals surface area contributed by atoms with Gasteiger partial charge in [-0.25, -0.2) is 0 Å². The third-order valence-corrected chi connectivity index (χ3v) is 11.5. The van der Waals surface area contributed by atoms with Crippen LogP contribution >= 0.6 is 0 Å². The Kier molecular flexibility index (Phi) is 7.87. The lowest BCUT2D eigenvalue weighted by atomic mass is 10.1. The minimum Gasteiger partial charge on any atom is -0.543 e. The van der Waals surface area contributed by atoms with Gasteiger partial charge in [0.15, 0.2) is 0 Å². The van der Waals surface area contributed by atoms with E-state index in [1.807, 2.05) is 54.6 Å². The van der Waals surface area contributed by atoms with E-state index in [1.165, 1.54) is 0 Å². The predicted octanol–water partition coefficient (Wildman–Crippen LogP) is 6.53. The van der Waals surface area contributed by atoms with Crippen LogP contribution in [0.1, 0.15) is 52.7 Å². The topological polar surface area (TPSA) is 35.5 Å². The van der Waals surface area contributed by atoms with Crippen LogP contribution in [0.25, 0.3) is 0 Å². The molecular formula is C24H34O3Si. The van der Waals surface area contributed by atoms with Crippen molar-refractivity contribution < 1.29 is 14.0 Å². The molecule has 2 rings (SSSR count). The summed E-state index contributed by atoms with van der Waals surface area (Å²) in [5.41, 5.74) is 3.52. The molecule has 0 radical (unpaired) electrons. The van der Waals surface area contributed by atoms with Gasteiger partial charge in [-0.2, -0.15) is 0 Å². The molecule has 0 aliphatic carbocycles. The van der Waals surface area contributed by atoms with Crippen molar-refractivity contribution in [1.82, 2.24) is 0 Å². The summed E-state index contributed by atoms with van der Waals surface area (Å²) in [6.45, 7) is 14.0. The van der Waals surface area contributed by atoms with Crippen molar-refractivity contribution in [3.8, 4) is 5.75 Å². The van der Waals surface area contributed by atoms with Gasteiger partial charge in [0.25, 0.3) is 8.32 Å². The molecule has 0 aromatic heterocycles. The fourth-order valence-corrected chi connectivity index (χ4v) is 9.44. The fraction of sp³-hybridized carbons (Fsp3) is 0.458. The van der Waals surface area contributed by atoms with Crippen LogP contribution in [0.4, 0.5) is 0 Å². The Morgan fingerprint density at radius 1 is 0.786 bits per heavy atom. The average Bonchev–Trinajstić information content (AvgIpc) is 2.65. The average molecular weight is 399 g/mol. The standard InChI is InChI=1S/C24H34O3Si/c1-18(2)28(19(3)4,20(5)6)27-23-14-12-21(13-15-23)16-24(25)26-17-22-10-8-7-9-11-22/h7-15,18-20H,16-17H2,1-6H3. The summed E-state index contributed by atoms with van der Waals surface area (Å²) in [6, 6.07) is 17.7. The van der Waals surface area contributed by atoms with Crippen molar-refractivity contribution in [2.24, 2.45) is 0 Å². The highest BCUT2D eigenvalue weighted by Crippen LogP contribution is 2.42. The molecule has 0 spiro atoms. The number of benzene rings is 2. The van der Waals surface area contributed by atoms with Gasteiger partial charge in [-0.15, -0.1) is 0 Å². The molecule has 0 heterocycles. The van der Waals surface area contributed by atoms with Gasteiger partial charge >= 0.3 is 5.97 Å². The monoisotopic (exact) mass is 398 g/mol. The predicted molar refractivity (Wildman–Crippen MR) is 118 cm³/mol. The van der Waals surface area contributed by atoms with Gasteiger partial charge in [-0.3, -0.25) is 4.79 Å². The molecule has 0 saturated heterocycles. The number of ether oxygens (including phenoxy) is 1. The Morgan fingerprint density at radius 3 is 1.82 bits per heavy atom. The first-order valence-electron chi connectivity index (χ1n) is 10.2. The van der Waals surface area contributed by atoms with Gasteiger partial charge in [0.05, 0.1) is 6.42 Å². The van der Waals surface area contributed by atoms with Crippen molar-refractivity contribution >= 4 is 14.3 Å². The van der Waals surface area contributed by atoms with Gasteiger partial charge in [0.1, 0.15) is 12.4 Å². The zero-order valence-corrected chi connectivity index (χ0v) is 19.1. The van der Waals surface area contributed by atoms with Crippen LogP contribution in [-0.2, 0) is 22.6 Å². The molecule has 0 atom stereocenters. The SMILES string of the molecule is CC(C)[Si](Oc1ccc(CC(=O)OCc2ccccc2)cc1)(C(C)C)C(C)C. The van der Waals surface area contributed by atoms with E-state index in [0.717, 1.165) is 16.9 Å². The van der Waals surface area contributed by atoms with Crippen molar-refractivity contribution in [3.63, 3.8) is 0 Å². The number of carbonyl (C=O) groups is 1. The first-order chi connectivity index (χ1) is 13.3. The first kappa shape index (κ1) is 22.2. The summed E-state index contributed by atoms with van der Waals surface area (Å²) in [5.74, 6) is 0.692. The summed E-state index contributed by atoms with van der Waals surface area (Å²) < 4.78 is 12.0. The van der Waals surface area contributed by atoms with Crippen LogP contribution in [0, 0.1) is 0 Å². The molecule has 152 valence electrons. The molecule has 0 saturated carbocycles. The molecule has 0 aliphatic rings. The van der Waals surface area contributed by atoms with E-state index in [2.05, 4.69) is 41.5 Å². The normalized spacial score (nSPS) is 11.9. The molecule has 0 amide bonds. The second-order valence-electron chi connectivity index (χ2n) is 8.39. The summed E-state index contributed by atoms with van der Waals surface area (Å²) in [4.78, 5) is 12.1. The lowest BCUT2D eigenvalue weighted by molar-refractivity contribution is -0.144. The highest BCUT2D eigenvalue weighted by atomic mass is 28.4.